The van der Waals surface area contributed by atoms with Crippen LogP contribution in [0.2, 0.25) is 5.02 Å². The van der Waals surface area contributed by atoms with Gasteiger partial charge in [0.15, 0.2) is 0 Å². The second kappa shape index (κ2) is 8.22. The number of carbonyl (C=O) groups is 1. The number of ether oxygens (including phenoxy) is 1. The molecular formula is C17H18BrClN2O2. The number of amides is 1. The molecule has 1 amide bonds. The molecule has 2 aromatic rings. The second-order valence-corrected chi connectivity index (χ2v) is 6.32. The molecule has 0 heterocycles. The average Bonchev–Trinajstić information content (AvgIpc) is 2.51. The first kappa shape index (κ1) is 17.6. The lowest BCUT2D eigenvalue weighted by Gasteiger charge is -2.12. The molecule has 2 rings (SSSR count). The third kappa shape index (κ3) is 5.15. The van der Waals surface area contributed by atoms with Gasteiger partial charge in [0, 0.05) is 28.1 Å². The van der Waals surface area contributed by atoms with Crippen LogP contribution in [0.3, 0.4) is 0 Å². The monoisotopic (exact) mass is 396 g/mol. The predicted molar refractivity (Wildman–Crippen MR) is 98.6 cm³/mol. The van der Waals surface area contributed by atoms with Crippen molar-refractivity contribution < 1.29 is 9.53 Å². The van der Waals surface area contributed by atoms with E-state index in [4.69, 9.17) is 16.3 Å². The Bertz CT molecular complexity index is 707. The van der Waals surface area contributed by atoms with Crippen LogP contribution in [0.25, 0.3) is 0 Å². The van der Waals surface area contributed by atoms with Crippen molar-refractivity contribution >= 4 is 44.8 Å². The number of hydrogen-bond donors (Lipinski definition) is 2. The van der Waals surface area contributed by atoms with Gasteiger partial charge in [-0.25, -0.2) is 0 Å². The SMILES string of the molecule is COc1ccc(Cl)cc1NCCC(=O)Nc1ccc(Br)c(C)c1. The van der Waals surface area contributed by atoms with Crippen LogP contribution in [-0.4, -0.2) is 19.6 Å². The van der Waals surface area contributed by atoms with E-state index in [-0.39, 0.29) is 5.91 Å². The van der Waals surface area contributed by atoms with Crippen molar-refractivity contribution in [3.05, 3.63) is 51.5 Å². The number of hydrogen-bond acceptors (Lipinski definition) is 3. The number of benzene rings is 2. The predicted octanol–water partition coefficient (Wildman–Crippen LogP) is 4.86. The third-order valence-corrected chi connectivity index (χ3v) is 4.40. The van der Waals surface area contributed by atoms with Crippen molar-refractivity contribution in [2.45, 2.75) is 13.3 Å². The van der Waals surface area contributed by atoms with Crippen LogP contribution in [-0.2, 0) is 4.79 Å². The fourth-order valence-corrected chi connectivity index (χ4v) is 2.49. The average molecular weight is 398 g/mol. The van der Waals surface area contributed by atoms with E-state index >= 15 is 0 Å². The summed E-state index contributed by atoms with van der Waals surface area (Å²) in [6.07, 6.45) is 0.338. The van der Waals surface area contributed by atoms with Crippen molar-refractivity contribution in [3.63, 3.8) is 0 Å². The van der Waals surface area contributed by atoms with Crippen molar-refractivity contribution in [3.8, 4) is 5.75 Å². The Labute approximate surface area is 149 Å². The maximum atomic E-state index is 12.0. The van der Waals surface area contributed by atoms with Crippen LogP contribution in [0.4, 0.5) is 11.4 Å². The molecule has 0 spiro atoms. The normalized spacial score (nSPS) is 10.3. The Morgan fingerprint density at radius 2 is 2.04 bits per heavy atom. The third-order valence-electron chi connectivity index (χ3n) is 3.27. The summed E-state index contributed by atoms with van der Waals surface area (Å²) in [7, 11) is 1.59. The molecule has 0 bridgehead atoms. The molecular weight excluding hydrogens is 380 g/mol. The number of methoxy groups -OCH3 is 1. The van der Waals surface area contributed by atoms with Crippen LogP contribution in [0.1, 0.15) is 12.0 Å². The molecule has 4 nitrogen and oxygen atoms in total. The quantitative estimate of drug-likeness (QED) is 0.732. The van der Waals surface area contributed by atoms with Gasteiger partial charge in [-0.3, -0.25) is 4.79 Å². The molecule has 0 fully saturated rings. The van der Waals surface area contributed by atoms with Crippen LogP contribution < -0.4 is 15.4 Å². The molecule has 0 saturated heterocycles. The summed E-state index contributed by atoms with van der Waals surface area (Å²) in [5.74, 6) is 0.638. The van der Waals surface area contributed by atoms with E-state index in [1.165, 1.54) is 0 Å². The van der Waals surface area contributed by atoms with Crippen LogP contribution in [0, 0.1) is 6.92 Å². The number of rotatable bonds is 6. The largest absolute Gasteiger partial charge is 0.495 e. The summed E-state index contributed by atoms with van der Waals surface area (Å²) in [6, 6.07) is 11.0. The highest BCUT2D eigenvalue weighted by Crippen LogP contribution is 2.27. The van der Waals surface area contributed by atoms with E-state index in [9.17, 15) is 4.79 Å². The number of carbonyl (C=O) groups excluding carboxylic acids is 1. The second-order valence-electron chi connectivity index (χ2n) is 5.03. The molecule has 0 aliphatic carbocycles. The minimum absolute atomic E-state index is 0.0554. The van der Waals surface area contributed by atoms with E-state index in [1.807, 2.05) is 25.1 Å². The topological polar surface area (TPSA) is 50.4 Å². The van der Waals surface area contributed by atoms with Crippen molar-refractivity contribution in [1.29, 1.82) is 0 Å². The van der Waals surface area contributed by atoms with Gasteiger partial charge in [0.25, 0.3) is 0 Å². The van der Waals surface area contributed by atoms with Gasteiger partial charge in [-0.15, -0.1) is 0 Å². The van der Waals surface area contributed by atoms with Crippen molar-refractivity contribution in [2.75, 3.05) is 24.3 Å². The van der Waals surface area contributed by atoms with Gasteiger partial charge in [0.05, 0.1) is 12.8 Å². The zero-order chi connectivity index (χ0) is 16.8. The molecule has 0 aliphatic rings. The molecule has 2 aromatic carbocycles. The molecule has 122 valence electrons. The van der Waals surface area contributed by atoms with Crippen LogP contribution in [0.15, 0.2) is 40.9 Å². The first-order valence-corrected chi connectivity index (χ1v) is 8.30. The smallest absolute Gasteiger partial charge is 0.226 e. The molecule has 0 saturated carbocycles. The van der Waals surface area contributed by atoms with E-state index in [0.717, 1.165) is 21.4 Å². The molecule has 0 radical (unpaired) electrons. The highest BCUT2D eigenvalue weighted by molar-refractivity contribution is 9.10. The number of aryl methyl sites for hydroxylation is 1. The lowest BCUT2D eigenvalue weighted by Crippen LogP contribution is -2.16. The fourth-order valence-electron chi connectivity index (χ4n) is 2.07. The Hall–Kier alpha value is -1.72. The molecule has 0 aromatic heterocycles. The van der Waals surface area contributed by atoms with E-state index in [1.54, 1.807) is 25.3 Å². The van der Waals surface area contributed by atoms with E-state index in [0.29, 0.717) is 23.7 Å². The molecule has 0 atom stereocenters. The first-order valence-electron chi connectivity index (χ1n) is 7.13. The van der Waals surface area contributed by atoms with Crippen molar-refractivity contribution in [1.82, 2.24) is 0 Å². The minimum Gasteiger partial charge on any atom is -0.495 e. The Balaban J connectivity index is 1.87. The van der Waals surface area contributed by atoms with Gasteiger partial charge in [-0.05, 0) is 48.9 Å². The molecule has 2 N–H and O–H groups in total. The number of anilines is 2. The van der Waals surface area contributed by atoms with Gasteiger partial charge < -0.3 is 15.4 Å². The summed E-state index contributed by atoms with van der Waals surface area (Å²) >= 11 is 9.41. The summed E-state index contributed by atoms with van der Waals surface area (Å²) in [5, 5.41) is 6.66. The number of nitrogens with one attached hydrogen (secondary N) is 2. The molecule has 23 heavy (non-hydrogen) atoms. The van der Waals surface area contributed by atoms with Gasteiger partial charge in [-0.1, -0.05) is 27.5 Å². The highest BCUT2D eigenvalue weighted by Gasteiger charge is 2.06. The van der Waals surface area contributed by atoms with E-state index in [2.05, 4.69) is 26.6 Å². The molecule has 0 aliphatic heterocycles. The van der Waals surface area contributed by atoms with Gasteiger partial charge in [0.2, 0.25) is 5.91 Å². The maximum Gasteiger partial charge on any atom is 0.226 e. The lowest BCUT2D eigenvalue weighted by atomic mass is 10.2. The summed E-state index contributed by atoms with van der Waals surface area (Å²) in [6.45, 7) is 2.46. The van der Waals surface area contributed by atoms with Gasteiger partial charge >= 0.3 is 0 Å². The summed E-state index contributed by atoms with van der Waals surface area (Å²) < 4.78 is 6.27. The summed E-state index contributed by atoms with van der Waals surface area (Å²) in [4.78, 5) is 12.0. The standard InChI is InChI=1S/C17H18BrClN2O2/c1-11-9-13(4-5-14(11)18)21-17(22)7-8-20-15-10-12(19)3-6-16(15)23-2/h3-6,9-10,20H,7-8H2,1-2H3,(H,21,22). The van der Waals surface area contributed by atoms with Crippen LogP contribution >= 0.6 is 27.5 Å². The number of halogens is 2. The highest BCUT2D eigenvalue weighted by atomic mass is 79.9. The zero-order valence-electron chi connectivity index (χ0n) is 13.0. The summed E-state index contributed by atoms with van der Waals surface area (Å²) in [5.41, 5.74) is 2.63. The Kier molecular flexibility index (Phi) is 6.30. The zero-order valence-corrected chi connectivity index (χ0v) is 15.3. The van der Waals surface area contributed by atoms with Crippen LogP contribution in [0.5, 0.6) is 5.75 Å². The Morgan fingerprint density at radius 1 is 1.26 bits per heavy atom. The van der Waals surface area contributed by atoms with Crippen molar-refractivity contribution in [2.24, 2.45) is 0 Å². The van der Waals surface area contributed by atoms with Gasteiger partial charge in [0.1, 0.15) is 5.75 Å². The van der Waals surface area contributed by atoms with E-state index < -0.39 is 0 Å². The fraction of sp³-hybridized carbons (Fsp3) is 0.235. The maximum absolute atomic E-state index is 12.0. The minimum atomic E-state index is -0.0554. The molecule has 0 unspecified atom stereocenters. The lowest BCUT2D eigenvalue weighted by molar-refractivity contribution is -0.115. The van der Waals surface area contributed by atoms with Gasteiger partial charge in [-0.2, -0.15) is 0 Å². The molecule has 6 heteroatoms. The Morgan fingerprint density at radius 3 is 2.74 bits per heavy atom. The first-order chi connectivity index (χ1) is 11.0.